The van der Waals surface area contributed by atoms with E-state index in [0.29, 0.717) is 11.6 Å². The van der Waals surface area contributed by atoms with Crippen LogP contribution in [0.4, 0.5) is 15.9 Å². The Labute approximate surface area is 180 Å². The minimum Gasteiger partial charge on any atom is -0.368 e. The minimum absolute atomic E-state index is 0.164. The number of amides is 1. The van der Waals surface area contributed by atoms with Gasteiger partial charge < -0.3 is 15.5 Å². The SMILES string of the molecule is NC(=O)c1ccc(-c2ccc(N3CCC(N4CCc5ccc(F)cc54)CC3)nn2)cc1. The first-order valence-corrected chi connectivity index (χ1v) is 10.6. The van der Waals surface area contributed by atoms with Crippen LogP contribution in [0, 0.1) is 5.82 Å². The average molecular weight is 417 g/mol. The standard InChI is InChI=1S/C24H24FN5O/c25-19-6-5-17-9-14-30(22(17)15-19)20-10-12-29(13-11-20)23-8-7-21(27-28-23)16-1-3-18(4-2-16)24(26)31/h1-8,15,20H,9-14H2,(H2,26,31). The van der Waals surface area contributed by atoms with Crippen molar-refractivity contribution in [1.82, 2.24) is 10.2 Å². The van der Waals surface area contributed by atoms with Gasteiger partial charge in [-0.15, -0.1) is 10.2 Å². The summed E-state index contributed by atoms with van der Waals surface area (Å²) in [5, 5.41) is 8.80. The van der Waals surface area contributed by atoms with Gasteiger partial charge >= 0.3 is 0 Å². The zero-order valence-corrected chi connectivity index (χ0v) is 17.2. The van der Waals surface area contributed by atoms with Crippen molar-refractivity contribution >= 4 is 17.4 Å². The molecule has 5 rings (SSSR count). The van der Waals surface area contributed by atoms with Crippen molar-refractivity contribution < 1.29 is 9.18 Å². The predicted octanol–water partition coefficient (Wildman–Crippen LogP) is 3.41. The van der Waals surface area contributed by atoms with E-state index in [1.165, 1.54) is 5.56 Å². The summed E-state index contributed by atoms with van der Waals surface area (Å²) in [6.07, 6.45) is 3.01. The fourth-order valence-electron chi connectivity index (χ4n) is 4.62. The number of hydrogen-bond acceptors (Lipinski definition) is 5. The van der Waals surface area contributed by atoms with Crippen LogP contribution in [-0.2, 0) is 6.42 Å². The predicted molar refractivity (Wildman–Crippen MR) is 119 cm³/mol. The van der Waals surface area contributed by atoms with Crippen LogP contribution >= 0.6 is 0 Å². The topological polar surface area (TPSA) is 75.4 Å². The third-order valence-corrected chi connectivity index (χ3v) is 6.32. The van der Waals surface area contributed by atoms with Crippen LogP contribution in [0.1, 0.15) is 28.8 Å². The van der Waals surface area contributed by atoms with Gasteiger partial charge in [0, 0.05) is 42.5 Å². The van der Waals surface area contributed by atoms with Gasteiger partial charge in [-0.2, -0.15) is 0 Å². The number of aromatic nitrogens is 2. The summed E-state index contributed by atoms with van der Waals surface area (Å²) >= 11 is 0. The molecule has 1 amide bonds. The van der Waals surface area contributed by atoms with Crippen LogP contribution in [0.5, 0.6) is 0 Å². The summed E-state index contributed by atoms with van der Waals surface area (Å²) in [4.78, 5) is 15.9. The first-order valence-electron chi connectivity index (χ1n) is 10.6. The Morgan fingerprint density at radius 1 is 0.968 bits per heavy atom. The van der Waals surface area contributed by atoms with Crippen LogP contribution in [0.3, 0.4) is 0 Å². The van der Waals surface area contributed by atoms with Crippen LogP contribution < -0.4 is 15.5 Å². The number of carbonyl (C=O) groups excluding carboxylic acids is 1. The van der Waals surface area contributed by atoms with Crippen LogP contribution in [0.2, 0.25) is 0 Å². The van der Waals surface area contributed by atoms with Crippen molar-refractivity contribution in [2.75, 3.05) is 29.4 Å². The average Bonchev–Trinajstić information content (AvgIpc) is 3.22. The molecular weight excluding hydrogens is 393 g/mol. The number of benzene rings is 2. The molecule has 1 fully saturated rings. The number of halogens is 1. The molecule has 0 unspecified atom stereocenters. The lowest BCUT2D eigenvalue weighted by atomic mass is 10.0. The number of carbonyl (C=O) groups is 1. The van der Waals surface area contributed by atoms with E-state index >= 15 is 0 Å². The van der Waals surface area contributed by atoms with E-state index in [1.807, 2.05) is 30.3 Å². The van der Waals surface area contributed by atoms with Gasteiger partial charge in [-0.1, -0.05) is 18.2 Å². The van der Waals surface area contributed by atoms with Crippen molar-refractivity contribution in [3.63, 3.8) is 0 Å². The highest BCUT2D eigenvalue weighted by Crippen LogP contribution is 2.33. The number of fused-ring (bicyclic) bond motifs is 1. The zero-order valence-electron chi connectivity index (χ0n) is 17.2. The second-order valence-corrected chi connectivity index (χ2v) is 8.15. The highest BCUT2D eigenvalue weighted by Gasteiger charge is 2.30. The van der Waals surface area contributed by atoms with E-state index in [1.54, 1.807) is 24.3 Å². The van der Waals surface area contributed by atoms with Crippen molar-refractivity contribution in [3.05, 3.63) is 71.5 Å². The monoisotopic (exact) mass is 417 g/mol. The van der Waals surface area contributed by atoms with Gasteiger partial charge in [0.05, 0.1) is 5.69 Å². The first kappa shape index (κ1) is 19.5. The van der Waals surface area contributed by atoms with Gasteiger partial charge in [-0.25, -0.2) is 4.39 Å². The molecule has 6 nitrogen and oxygen atoms in total. The van der Waals surface area contributed by atoms with E-state index in [2.05, 4.69) is 20.0 Å². The molecule has 2 aromatic carbocycles. The highest BCUT2D eigenvalue weighted by molar-refractivity contribution is 5.93. The quantitative estimate of drug-likeness (QED) is 0.704. The van der Waals surface area contributed by atoms with Gasteiger partial charge in [0.1, 0.15) is 5.82 Å². The molecule has 2 N–H and O–H groups in total. The van der Waals surface area contributed by atoms with E-state index in [4.69, 9.17) is 5.73 Å². The van der Waals surface area contributed by atoms with E-state index in [9.17, 15) is 9.18 Å². The van der Waals surface area contributed by atoms with Crippen molar-refractivity contribution in [3.8, 4) is 11.3 Å². The Hall–Kier alpha value is -3.48. The summed E-state index contributed by atoms with van der Waals surface area (Å²) in [7, 11) is 0. The number of anilines is 2. The molecule has 2 aliphatic heterocycles. The normalized spacial score (nSPS) is 16.4. The lowest BCUT2D eigenvalue weighted by Crippen LogP contribution is -2.44. The molecule has 31 heavy (non-hydrogen) atoms. The number of nitrogens with zero attached hydrogens (tertiary/aromatic N) is 4. The summed E-state index contributed by atoms with van der Waals surface area (Å²) in [6.45, 7) is 2.76. The number of nitrogens with two attached hydrogens (primary N) is 1. The lowest BCUT2D eigenvalue weighted by Gasteiger charge is -2.38. The maximum absolute atomic E-state index is 13.7. The fraction of sp³-hybridized carbons (Fsp3) is 0.292. The fourth-order valence-corrected chi connectivity index (χ4v) is 4.62. The third kappa shape index (κ3) is 3.83. The molecule has 3 heterocycles. The Balaban J connectivity index is 1.23. The van der Waals surface area contributed by atoms with Crippen LogP contribution in [0.25, 0.3) is 11.3 Å². The number of primary amides is 1. The lowest BCUT2D eigenvalue weighted by molar-refractivity contribution is 0.100. The van der Waals surface area contributed by atoms with Gasteiger partial charge in [0.15, 0.2) is 5.82 Å². The molecule has 0 atom stereocenters. The molecule has 7 heteroatoms. The summed E-state index contributed by atoms with van der Waals surface area (Å²) in [6, 6.07) is 16.6. The Kier molecular flexibility index (Phi) is 5.02. The van der Waals surface area contributed by atoms with E-state index < -0.39 is 5.91 Å². The summed E-state index contributed by atoms with van der Waals surface area (Å²) in [5.41, 5.74) is 9.72. The van der Waals surface area contributed by atoms with Crippen molar-refractivity contribution in [1.29, 1.82) is 0 Å². The molecule has 0 bridgehead atoms. The van der Waals surface area contributed by atoms with Crippen LogP contribution in [-0.4, -0.2) is 41.8 Å². The molecule has 1 aromatic heterocycles. The molecule has 2 aliphatic rings. The maximum atomic E-state index is 13.7. The minimum atomic E-state index is -0.445. The molecule has 0 aliphatic carbocycles. The molecule has 158 valence electrons. The number of piperidine rings is 1. The number of hydrogen-bond donors (Lipinski definition) is 1. The van der Waals surface area contributed by atoms with Gasteiger partial charge in [-0.3, -0.25) is 4.79 Å². The third-order valence-electron chi connectivity index (χ3n) is 6.32. The molecule has 1 saturated heterocycles. The van der Waals surface area contributed by atoms with E-state index in [-0.39, 0.29) is 5.82 Å². The smallest absolute Gasteiger partial charge is 0.248 e. The molecule has 3 aromatic rings. The van der Waals surface area contributed by atoms with Crippen molar-refractivity contribution in [2.24, 2.45) is 5.73 Å². The molecular formula is C24H24FN5O. The van der Waals surface area contributed by atoms with Crippen molar-refractivity contribution in [2.45, 2.75) is 25.3 Å². The zero-order chi connectivity index (χ0) is 21.4. The molecule has 0 spiro atoms. The summed E-state index contributed by atoms with van der Waals surface area (Å²) in [5.74, 6) is 0.255. The second kappa shape index (κ2) is 7.98. The molecule has 0 radical (unpaired) electrons. The first-order chi connectivity index (χ1) is 15.1. The maximum Gasteiger partial charge on any atom is 0.248 e. The Morgan fingerprint density at radius 2 is 1.74 bits per heavy atom. The van der Waals surface area contributed by atoms with Crippen LogP contribution in [0.15, 0.2) is 54.6 Å². The highest BCUT2D eigenvalue weighted by atomic mass is 19.1. The Bertz CT molecular complexity index is 1090. The number of rotatable bonds is 4. The second-order valence-electron chi connectivity index (χ2n) is 8.15. The summed E-state index contributed by atoms with van der Waals surface area (Å²) < 4.78 is 13.7. The largest absolute Gasteiger partial charge is 0.368 e. The molecule has 0 saturated carbocycles. The van der Waals surface area contributed by atoms with Gasteiger partial charge in [0.2, 0.25) is 5.91 Å². The van der Waals surface area contributed by atoms with Gasteiger partial charge in [0.25, 0.3) is 0 Å². The van der Waals surface area contributed by atoms with E-state index in [0.717, 1.165) is 61.7 Å². The Morgan fingerprint density at radius 3 is 2.42 bits per heavy atom. The van der Waals surface area contributed by atoms with Gasteiger partial charge in [-0.05, 0) is 61.2 Å².